The molecule has 0 unspecified atom stereocenters. The van der Waals surface area contributed by atoms with Crippen molar-refractivity contribution in [2.24, 2.45) is 5.41 Å². The van der Waals surface area contributed by atoms with E-state index in [0.29, 0.717) is 28.6 Å². The average molecular weight is 302 g/mol. The summed E-state index contributed by atoms with van der Waals surface area (Å²) in [6.45, 7) is 1.80. The van der Waals surface area contributed by atoms with Gasteiger partial charge in [0.1, 0.15) is 5.41 Å². The van der Waals surface area contributed by atoms with E-state index in [4.69, 9.17) is 23.2 Å². The number of carboxylic acids is 1. The average Bonchev–Trinajstić information content (AvgIpc) is 2.23. The van der Waals surface area contributed by atoms with E-state index in [1.54, 1.807) is 13.0 Å². The van der Waals surface area contributed by atoms with Gasteiger partial charge in [-0.05, 0) is 37.5 Å². The van der Waals surface area contributed by atoms with E-state index in [-0.39, 0.29) is 0 Å². The topological polar surface area (TPSA) is 66.4 Å². The third-order valence-corrected chi connectivity index (χ3v) is 4.27. The van der Waals surface area contributed by atoms with Gasteiger partial charge in [-0.2, -0.15) is 0 Å². The number of rotatable bonds is 3. The maximum absolute atomic E-state index is 12.1. The SMILES string of the molecule is Cc1cc(Cl)c(NC(=O)C2(C(=O)O)CCC2)cc1Cl. The van der Waals surface area contributed by atoms with Crippen LogP contribution in [-0.2, 0) is 9.59 Å². The minimum absolute atomic E-state index is 0.342. The number of carbonyl (C=O) groups is 2. The molecule has 0 aromatic heterocycles. The van der Waals surface area contributed by atoms with E-state index in [0.717, 1.165) is 12.0 Å². The Balaban J connectivity index is 2.24. The molecule has 1 aromatic rings. The molecule has 1 fully saturated rings. The molecule has 0 spiro atoms. The molecule has 0 heterocycles. The van der Waals surface area contributed by atoms with Crippen molar-refractivity contribution in [1.82, 2.24) is 0 Å². The number of benzene rings is 1. The van der Waals surface area contributed by atoms with Crippen LogP contribution in [0.5, 0.6) is 0 Å². The van der Waals surface area contributed by atoms with Gasteiger partial charge in [0.05, 0.1) is 10.7 Å². The number of carboxylic acid groups (broad SMARTS) is 1. The van der Waals surface area contributed by atoms with Crippen LogP contribution in [0.3, 0.4) is 0 Å². The lowest BCUT2D eigenvalue weighted by Crippen LogP contribution is -2.48. The quantitative estimate of drug-likeness (QED) is 0.840. The van der Waals surface area contributed by atoms with Crippen LogP contribution < -0.4 is 5.32 Å². The summed E-state index contributed by atoms with van der Waals surface area (Å²) in [7, 11) is 0. The lowest BCUT2D eigenvalue weighted by atomic mass is 9.68. The first-order valence-corrected chi connectivity index (χ1v) is 6.63. The Morgan fingerprint density at radius 2 is 1.89 bits per heavy atom. The van der Waals surface area contributed by atoms with Gasteiger partial charge in [0, 0.05) is 5.02 Å². The van der Waals surface area contributed by atoms with Crippen molar-refractivity contribution in [1.29, 1.82) is 0 Å². The molecule has 2 rings (SSSR count). The van der Waals surface area contributed by atoms with Crippen LogP contribution >= 0.6 is 23.2 Å². The summed E-state index contributed by atoms with van der Waals surface area (Å²) in [5.74, 6) is -1.63. The Kier molecular flexibility index (Phi) is 3.74. The van der Waals surface area contributed by atoms with Crippen molar-refractivity contribution in [2.45, 2.75) is 26.2 Å². The lowest BCUT2D eigenvalue weighted by molar-refractivity contribution is -0.159. The molecule has 1 amide bonds. The van der Waals surface area contributed by atoms with Crippen molar-refractivity contribution in [3.63, 3.8) is 0 Å². The molecule has 4 nitrogen and oxygen atoms in total. The standard InChI is InChI=1S/C13H13Cl2NO3/c1-7-5-9(15)10(6-8(7)14)16-11(17)13(12(18)19)3-2-4-13/h5-6H,2-4H2,1H3,(H,16,17)(H,18,19). The Bertz CT molecular complexity index is 553. The maximum Gasteiger partial charge on any atom is 0.319 e. The summed E-state index contributed by atoms with van der Waals surface area (Å²) in [6, 6.07) is 3.17. The zero-order chi connectivity index (χ0) is 14.2. The second-order valence-corrected chi connectivity index (χ2v) is 5.59. The van der Waals surface area contributed by atoms with Crippen LogP contribution in [0.1, 0.15) is 24.8 Å². The highest BCUT2D eigenvalue weighted by Crippen LogP contribution is 2.42. The van der Waals surface area contributed by atoms with E-state index >= 15 is 0 Å². The minimum atomic E-state index is -1.32. The number of halogens is 2. The van der Waals surface area contributed by atoms with Gasteiger partial charge in [-0.25, -0.2) is 0 Å². The summed E-state index contributed by atoms with van der Waals surface area (Å²) in [5.41, 5.74) is -0.184. The molecule has 0 saturated heterocycles. The number of aryl methyl sites for hydroxylation is 1. The number of anilines is 1. The number of hydrogen-bond donors (Lipinski definition) is 2. The predicted molar refractivity (Wildman–Crippen MR) is 73.7 cm³/mol. The van der Waals surface area contributed by atoms with Gasteiger partial charge in [-0.3, -0.25) is 9.59 Å². The summed E-state index contributed by atoms with van der Waals surface area (Å²) in [5, 5.41) is 12.6. The highest BCUT2D eigenvalue weighted by molar-refractivity contribution is 6.36. The number of carbonyl (C=O) groups excluding carboxylic acids is 1. The van der Waals surface area contributed by atoms with Crippen molar-refractivity contribution < 1.29 is 14.7 Å². The highest BCUT2D eigenvalue weighted by atomic mass is 35.5. The summed E-state index contributed by atoms with van der Waals surface area (Å²) in [4.78, 5) is 23.3. The van der Waals surface area contributed by atoms with Gasteiger partial charge < -0.3 is 10.4 Å². The molecule has 1 aliphatic rings. The smallest absolute Gasteiger partial charge is 0.319 e. The highest BCUT2D eigenvalue weighted by Gasteiger charge is 2.51. The van der Waals surface area contributed by atoms with E-state index in [1.165, 1.54) is 6.07 Å². The molecule has 0 atom stereocenters. The van der Waals surface area contributed by atoms with Gasteiger partial charge in [0.15, 0.2) is 0 Å². The Morgan fingerprint density at radius 1 is 1.26 bits per heavy atom. The molecule has 6 heteroatoms. The molecule has 2 N–H and O–H groups in total. The molecule has 0 bridgehead atoms. The number of hydrogen-bond acceptors (Lipinski definition) is 2. The molecular weight excluding hydrogens is 289 g/mol. The fourth-order valence-electron chi connectivity index (χ4n) is 2.05. The van der Waals surface area contributed by atoms with Crippen molar-refractivity contribution >= 4 is 40.8 Å². The second-order valence-electron chi connectivity index (χ2n) is 4.78. The van der Waals surface area contributed by atoms with Crippen LogP contribution in [0.25, 0.3) is 0 Å². The van der Waals surface area contributed by atoms with Crippen LogP contribution in [0.15, 0.2) is 12.1 Å². The van der Waals surface area contributed by atoms with E-state index in [2.05, 4.69) is 5.32 Å². The number of aliphatic carboxylic acids is 1. The summed E-state index contributed by atoms with van der Waals surface area (Å²) in [6.07, 6.45) is 1.44. The zero-order valence-electron chi connectivity index (χ0n) is 10.3. The molecule has 102 valence electrons. The first-order valence-electron chi connectivity index (χ1n) is 5.87. The molecule has 1 aromatic carbocycles. The molecule has 1 aliphatic carbocycles. The minimum Gasteiger partial charge on any atom is -0.480 e. The number of nitrogens with one attached hydrogen (secondary N) is 1. The third-order valence-electron chi connectivity index (χ3n) is 3.55. The number of amides is 1. The first kappa shape index (κ1) is 14.2. The van der Waals surface area contributed by atoms with Crippen LogP contribution in [0.2, 0.25) is 10.0 Å². The monoisotopic (exact) mass is 301 g/mol. The predicted octanol–water partition coefficient (Wildman–Crippen LogP) is 3.50. The van der Waals surface area contributed by atoms with E-state index in [9.17, 15) is 14.7 Å². The van der Waals surface area contributed by atoms with Gasteiger partial charge in [0.2, 0.25) is 5.91 Å². The summed E-state index contributed by atoms with van der Waals surface area (Å²) < 4.78 is 0. The maximum atomic E-state index is 12.1. The largest absolute Gasteiger partial charge is 0.480 e. The lowest BCUT2D eigenvalue weighted by Gasteiger charge is -2.35. The van der Waals surface area contributed by atoms with Gasteiger partial charge >= 0.3 is 5.97 Å². The normalized spacial score (nSPS) is 16.6. The van der Waals surface area contributed by atoms with Crippen molar-refractivity contribution in [3.05, 3.63) is 27.7 Å². The Labute approximate surface area is 120 Å². The van der Waals surface area contributed by atoms with Gasteiger partial charge in [-0.1, -0.05) is 29.6 Å². The Hall–Kier alpha value is -1.26. The fourth-order valence-corrected chi connectivity index (χ4v) is 2.48. The van der Waals surface area contributed by atoms with Crippen LogP contribution in [-0.4, -0.2) is 17.0 Å². The van der Waals surface area contributed by atoms with Crippen LogP contribution in [0, 0.1) is 12.3 Å². The van der Waals surface area contributed by atoms with Gasteiger partial charge in [-0.15, -0.1) is 0 Å². The molecule has 0 aliphatic heterocycles. The fraction of sp³-hybridized carbons (Fsp3) is 0.385. The van der Waals surface area contributed by atoms with Crippen molar-refractivity contribution in [2.75, 3.05) is 5.32 Å². The molecule has 0 radical (unpaired) electrons. The second kappa shape index (κ2) is 5.02. The van der Waals surface area contributed by atoms with Crippen LogP contribution in [0.4, 0.5) is 5.69 Å². The van der Waals surface area contributed by atoms with Gasteiger partial charge in [0.25, 0.3) is 0 Å². The third kappa shape index (κ3) is 2.42. The zero-order valence-corrected chi connectivity index (χ0v) is 11.8. The molecule has 19 heavy (non-hydrogen) atoms. The Morgan fingerprint density at radius 3 is 2.37 bits per heavy atom. The van der Waals surface area contributed by atoms with E-state index < -0.39 is 17.3 Å². The first-order chi connectivity index (χ1) is 8.86. The van der Waals surface area contributed by atoms with E-state index in [1.807, 2.05) is 0 Å². The molecular formula is C13H13Cl2NO3. The molecule has 1 saturated carbocycles. The summed E-state index contributed by atoms with van der Waals surface area (Å²) >= 11 is 12.0. The van der Waals surface area contributed by atoms with Crippen molar-refractivity contribution in [3.8, 4) is 0 Å².